The maximum absolute atomic E-state index is 12.7. The van der Waals surface area contributed by atoms with Crippen molar-refractivity contribution in [3.63, 3.8) is 0 Å². The minimum atomic E-state index is -3.52. The average molecular weight is 477 g/mol. The number of rotatable bonds is 8. The molecular weight excluding hydrogens is 448 g/mol. The smallest absolute Gasteiger partial charge is 0.240 e. The quantitative estimate of drug-likeness (QED) is 0.388. The third-order valence-corrected chi connectivity index (χ3v) is 7.72. The van der Waals surface area contributed by atoms with Crippen LogP contribution in [0, 0.1) is 0 Å². The Morgan fingerprint density at radius 1 is 0.824 bits per heavy atom. The van der Waals surface area contributed by atoms with Crippen LogP contribution in [0.25, 0.3) is 22.1 Å². The van der Waals surface area contributed by atoms with Crippen molar-refractivity contribution in [1.29, 1.82) is 0 Å². The normalized spacial score (nSPS) is 15.1. The van der Waals surface area contributed by atoms with Crippen molar-refractivity contribution in [2.24, 2.45) is 0 Å². The van der Waals surface area contributed by atoms with Crippen LogP contribution in [0.3, 0.4) is 0 Å². The van der Waals surface area contributed by atoms with Gasteiger partial charge in [-0.25, -0.2) is 13.1 Å². The van der Waals surface area contributed by atoms with Crippen LogP contribution in [0.5, 0.6) is 0 Å². The van der Waals surface area contributed by atoms with Crippen molar-refractivity contribution < 1.29 is 12.9 Å². The van der Waals surface area contributed by atoms with E-state index < -0.39 is 10.0 Å². The average Bonchev–Trinajstić information content (AvgIpc) is 3.32. The number of aromatic nitrogens is 1. The van der Waals surface area contributed by atoms with Gasteiger partial charge in [-0.3, -0.25) is 4.90 Å². The van der Waals surface area contributed by atoms with Gasteiger partial charge in [0.15, 0.2) is 11.4 Å². The van der Waals surface area contributed by atoms with Crippen molar-refractivity contribution in [3.05, 3.63) is 78.9 Å². The highest BCUT2D eigenvalue weighted by atomic mass is 32.2. The standard InChI is InChI=1S/C26H28N4O3S/c31-34(32,23-13-11-22(12-14-23)21-7-2-1-3-8-21)27-15-6-16-29-17-19-30(20-18-29)26-24-9-4-5-10-25(24)33-28-26/h1-5,7-14,27H,6,15-20H2. The van der Waals surface area contributed by atoms with Gasteiger partial charge in [-0.1, -0.05) is 59.8 Å². The van der Waals surface area contributed by atoms with Gasteiger partial charge in [-0.2, -0.15) is 0 Å². The number of piperazine rings is 1. The lowest BCUT2D eigenvalue weighted by Crippen LogP contribution is -2.47. The van der Waals surface area contributed by atoms with E-state index in [9.17, 15) is 8.42 Å². The van der Waals surface area contributed by atoms with Gasteiger partial charge in [0.25, 0.3) is 0 Å². The molecule has 0 saturated carbocycles. The molecule has 0 amide bonds. The van der Waals surface area contributed by atoms with E-state index in [4.69, 9.17) is 4.52 Å². The zero-order valence-electron chi connectivity index (χ0n) is 18.9. The Bertz CT molecular complexity index is 1330. The van der Waals surface area contributed by atoms with E-state index >= 15 is 0 Å². The molecule has 8 heteroatoms. The van der Waals surface area contributed by atoms with Gasteiger partial charge >= 0.3 is 0 Å². The van der Waals surface area contributed by atoms with E-state index in [2.05, 4.69) is 19.7 Å². The fourth-order valence-electron chi connectivity index (χ4n) is 4.33. The zero-order valence-corrected chi connectivity index (χ0v) is 19.7. The maximum atomic E-state index is 12.7. The Labute approximate surface area is 200 Å². The number of nitrogens with zero attached hydrogens (tertiary/aromatic N) is 3. The second-order valence-corrected chi connectivity index (χ2v) is 10.2. The number of benzene rings is 3. The molecule has 5 rings (SSSR count). The lowest BCUT2D eigenvalue weighted by atomic mass is 10.1. The molecule has 1 aliphatic heterocycles. The van der Waals surface area contributed by atoms with Gasteiger partial charge in [0, 0.05) is 32.7 Å². The summed E-state index contributed by atoms with van der Waals surface area (Å²) in [6, 6.07) is 24.9. The summed E-state index contributed by atoms with van der Waals surface area (Å²) in [4.78, 5) is 4.91. The van der Waals surface area contributed by atoms with Crippen molar-refractivity contribution >= 4 is 26.8 Å². The molecule has 34 heavy (non-hydrogen) atoms. The molecule has 7 nitrogen and oxygen atoms in total. The van der Waals surface area contributed by atoms with Crippen LogP contribution < -0.4 is 9.62 Å². The van der Waals surface area contributed by atoms with Crippen LogP contribution in [0.15, 0.2) is 88.3 Å². The summed E-state index contributed by atoms with van der Waals surface area (Å²) in [7, 11) is -3.52. The second kappa shape index (κ2) is 9.97. The van der Waals surface area contributed by atoms with E-state index in [1.54, 1.807) is 12.1 Å². The summed E-state index contributed by atoms with van der Waals surface area (Å²) in [5.41, 5.74) is 2.87. The van der Waals surface area contributed by atoms with E-state index in [1.165, 1.54) is 0 Å². The molecule has 0 aliphatic carbocycles. The van der Waals surface area contributed by atoms with Crippen LogP contribution in [-0.4, -0.2) is 57.7 Å². The molecule has 2 heterocycles. The highest BCUT2D eigenvalue weighted by molar-refractivity contribution is 7.89. The molecule has 4 aromatic rings. The molecule has 0 radical (unpaired) electrons. The first-order chi connectivity index (χ1) is 16.6. The molecule has 0 unspecified atom stereocenters. The first kappa shape index (κ1) is 22.6. The summed E-state index contributed by atoms with van der Waals surface area (Å²) in [5, 5.41) is 5.30. The molecule has 1 N–H and O–H groups in total. The Balaban J connectivity index is 1.08. The van der Waals surface area contributed by atoms with Crippen LogP contribution >= 0.6 is 0 Å². The topological polar surface area (TPSA) is 78.7 Å². The van der Waals surface area contributed by atoms with Crippen LogP contribution in [0.2, 0.25) is 0 Å². The SMILES string of the molecule is O=S(=O)(NCCCN1CCN(c2noc3ccccc23)CC1)c1ccc(-c2ccccc2)cc1. The van der Waals surface area contributed by atoms with Gasteiger partial charge in [0.1, 0.15) is 0 Å². The number of para-hydroxylation sites is 1. The highest BCUT2D eigenvalue weighted by Gasteiger charge is 2.21. The number of sulfonamides is 1. The number of nitrogens with one attached hydrogen (secondary N) is 1. The molecule has 1 fully saturated rings. The lowest BCUT2D eigenvalue weighted by Gasteiger charge is -2.34. The fourth-order valence-corrected chi connectivity index (χ4v) is 5.41. The summed E-state index contributed by atoms with van der Waals surface area (Å²) < 4.78 is 33.5. The zero-order chi connectivity index (χ0) is 23.4. The monoisotopic (exact) mass is 476 g/mol. The van der Waals surface area contributed by atoms with Gasteiger partial charge in [0.05, 0.1) is 10.3 Å². The predicted molar refractivity (Wildman–Crippen MR) is 134 cm³/mol. The first-order valence-corrected chi connectivity index (χ1v) is 13.1. The van der Waals surface area contributed by atoms with Crippen molar-refractivity contribution in [2.45, 2.75) is 11.3 Å². The van der Waals surface area contributed by atoms with Crippen LogP contribution in [-0.2, 0) is 10.0 Å². The van der Waals surface area contributed by atoms with Crippen molar-refractivity contribution in [2.75, 3.05) is 44.2 Å². The number of hydrogen-bond donors (Lipinski definition) is 1. The van der Waals surface area contributed by atoms with Crippen molar-refractivity contribution in [3.8, 4) is 11.1 Å². The third-order valence-electron chi connectivity index (χ3n) is 6.25. The molecule has 3 aromatic carbocycles. The molecule has 176 valence electrons. The van der Waals surface area contributed by atoms with Crippen molar-refractivity contribution in [1.82, 2.24) is 14.8 Å². The summed E-state index contributed by atoms with van der Waals surface area (Å²) in [6.45, 7) is 4.83. The van der Waals surface area contributed by atoms with E-state index in [-0.39, 0.29) is 0 Å². The second-order valence-electron chi connectivity index (χ2n) is 8.47. The molecule has 0 spiro atoms. The number of anilines is 1. The third kappa shape index (κ3) is 4.99. The Hall–Kier alpha value is -3.20. The lowest BCUT2D eigenvalue weighted by molar-refractivity contribution is 0.254. The first-order valence-electron chi connectivity index (χ1n) is 11.6. The minimum absolute atomic E-state index is 0.292. The fraction of sp³-hybridized carbons (Fsp3) is 0.269. The van der Waals surface area contributed by atoms with Gasteiger partial charge in [0.2, 0.25) is 10.0 Å². The predicted octanol–water partition coefficient (Wildman–Crippen LogP) is 3.99. The Morgan fingerprint density at radius 2 is 1.50 bits per heavy atom. The Kier molecular flexibility index (Phi) is 6.62. The molecule has 1 aliphatic rings. The van der Waals surface area contributed by atoms with Gasteiger partial charge in [-0.15, -0.1) is 0 Å². The van der Waals surface area contributed by atoms with E-state index in [0.717, 1.165) is 67.1 Å². The summed E-state index contributed by atoms with van der Waals surface area (Å²) in [6.07, 6.45) is 0.758. The van der Waals surface area contributed by atoms with E-state index in [1.807, 2.05) is 66.7 Å². The summed E-state index contributed by atoms with van der Waals surface area (Å²) >= 11 is 0. The maximum Gasteiger partial charge on any atom is 0.240 e. The molecule has 0 atom stereocenters. The molecule has 1 aromatic heterocycles. The van der Waals surface area contributed by atoms with Crippen LogP contribution in [0.4, 0.5) is 5.82 Å². The molecule has 1 saturated heterocycles. The Morgan fingerprint density at radius 3 is 2.26 bits per heavy atom. The van der Waals surface area contributed by atoms with Gasteiger partial charge < -0.3 is 9.42 Å². The number of fused-ring (bicyclic) bond motifs is 1. The molecule has 0 bridgehead atoms. The molecular formula is C26H28N4O3S. The van der Waals surface area contributed by atoms with E-state index in [0.29, 0.717) is 11.4 Å². The number of hydrogen-bond acceptors (Lipinski definition) is 6. The van der Waals surface area contributed by atoms with Gasteiger partial charge in [-0.05, 0) is 48.4 Å². The minimum Gasteiger partial charge on any atom is -0.354 e. The summed E-state index contributed by atoms with van der Waals surface area (Å²) in [5.74, 6) is 0.904. The van der Waals surface area contributed by atoms with Crippen LogP contribution in [0.1, 0.15) is 6.42 Å². The highest BCUT2D eigenvalue weighted by Crippen LogP contribution is 2.26. The largest absolute Gasteiger partial charge is 0.354 e.